The van der Waals surface area contributed by atoms with E-state index in [1.807, 2.05) is 84.6 Å². The van der Waals surface area contributed by atoms with Crippen molar-refractivity contribution in [3.05, 3.63) is 227 Å². The maximum Gasteiger partial charge on any atom is 0.213 e. The van der Waals surface area contributed by atoms with Gasteiger partial charge in [0.2, 0.25) is 19.7 Å². The lowest BCUT2D eigenvalue weighted by molar-refractivity contribution is 0.442. The van der Waals surface area contributed by atoms with Crippen molar-refractivity contribution in [2.24, 2.45) is 0 Å². The van der Waals surface area contributed by atoms with Gasteiger partial charge in [-0.25, -0.2) is 16.8 Å². The first kappa shape index (κ1) is 79.7. The van der Waals surface area contributed by atoms with Crippen molar-refractivity contribution < 1.29 is 26.3 Å². The molecule has 12 unspecified atom stereocenters. The van der Waals surface area contributed by atoms with E-state index in [1.165, 1.54) is 21.2 Å². The lowest BCUT2D eigenvalue weighted by Crippen LogP contribution is -2.17. The predicted molar refractivity (Wildman–Crippen MR) is 486 cm³/mol. The lowest BCUT2D eigenvalue weighted by atomic mass is 10.1. The molecule has 0 saturated heterocycles. The van der Waals surface area contributed by atoms with Crippen LogP contribution in [0.1, 0.15) is 7.43 Å². The molecule has 97 heavy (non-hydrogen) atoms. The van der Waals surface area contributed by atoms with Crippen molar-refractivity contribution in [1.82, 2.24) is 0 Å². The van der Waals surface area contributed by atoms with Gasteiger partial charge in [0.05, 0.1) is 45.5 Å². The van der Waals surface area contributed by atoms with Gasteiger partial charge in [-0.1, -0.05) is 147 Å². The largest absolute Gasteiger partial charge is 0.455 e. The molecule has 5 aliphatic rings. The van der Waals surface area contributed by atoms with E-state index < -0.39 is 19.7 Å². The van der Waals surface area contributed by atoms with E-state index in [0.717, 1.165) is 62.7 Å². The monoisotopic (exact) mass is 1870 g/mol. The van der Waals surface area contributed by atoms with Gasteiger partial charge in [0.15, 0.2) is 0 Å². The van der Waals surface area contributed by atoms with Gasteiger partial charge < -0.3 is 24.6 Å². The Labute approximate surface area is 634 Å². The summed E-state index contributed by atoms with van der Waals surface area (Å²) in [5.41, 5.74) is 8.22. The minimum atomic E-state index is -3.81. The Morgan fingerprint density at radius 3 is 0.938 bits per heavy atom. The molecule has 1 N–H and O–H groups in total. The maximum absolute atomic E-state index is 14.0. The highest BCUT2D eigenvalue weighted by atomic mass is 79.9. The Hall–Kier alpha value is 1.71. The first-order valence-electron chi connectivity index (χ1n) is 28.1. The molecule has 5 aliphatic heterocycles. The number of anilines is 8. The molecule has 0 aromatic heterocycles. The summed E-state index contributed by atoms with van der Waals surface area (Å²) in [5, 5.41) is 3.42. The van der Waals surface area contributed by atoms with Crippen LogP contribution in [0.5, 0.6) is 23.0 Å². The third kappa shape index (κ3) is 17.9. The predicted octanol–water partition coefficient (Wildman–Crippen LogP) is 30.5. The molecule has 502 valence electrons. The van der Waals surface area contributed by atoms with Crippen LogP contribution in [0.25, 0.3) is 0 Å². The number of ether oxygens (including phenoxy) is 2. The number of rotatable bonds is 10. The summed E-state index contributed by atoms with van der Waals surface area (Å²) >= 11 is 11.9. The molecule has 0 saturated carbocycles. The second-order valence-electron chi connectivity index (χ2n) is 20.6. The smallest absolute Gasteiger partial charge is 0.213 e. The lowest BCUT2D eigenvalue weighted by Gasteiger charge is -2.45. The highest BCUT2D eigenvalue weighted by Gasteiger charge is 2.42. The van der Waals surface area contributed by atoms with Crippen LogP contribution < -0.4 is 24.6 Å². The normalized spacial score (nSPS) is 14.6. The van der Waals surface area contributed by atoms with Gasteiger partial charge in [-0.05, 0) is 196 Å². The van der Waals surface area contributed by atoms with Gasteiger partial charge in [-0.2, -0.15) is 0 Å². The number of para-hydroxylation sites is 6. The van der Waals surface area contributed by atoms with E-state index in [9.17, 15) is 16.8 Å². The van der Waals surface area contributed by atoms with Crippen LogP contribution in [0.2, 0.25) is 0 Å². The minimum absolute atomic E-state index is 0. The number of halogens is 2. The molecule has 0 fully saturated rings. The molecular weight excluding hydrogens is 1810 g/mol. The average Bonchev–Trinajstić information content (AvgIpc) is 0.738. The summed E-state index contributed by atoms with van der Waals surface area (Å²) in [6.45, 7) is 0.622. The Morgan fingerprint density at radius 1 is 0.340 bits per heavy atom. The number of nitrogens with zero attached hydrogens (tertiary/aromatic N) is 2. The molecule has 0 aliphatic carbocycles. The number of sulfone groups is 2. The van der Waals surface area contributed by atoms with Gasteiger partial charge in [0, 0.05) is 50.5 Å². The molecule has 5 heterocycles. The van der Waals surface area contributed by atoms with E-state index in [1.54, 1.807) is 72.1 Å². The summed E-state index contributed by atoms with van der Waals surface area (Å²) in [6, 6.07) is 70.2. The number of fused-ring (bicyclic) bond motifs is 10. The summed E-state index contributed by atoms with van der Waals surface area (Å²) in [5.74, 6) is 1.32. The van der Waals surface area contributed by atoms with Crippen LogP contribution in [0.15, 0.2) is 276 Å². The van der Waals surface area contributed by atoms with E-state index in [4.69, 9.17) is 9.47 Å². The molecule has 15 rings (SSSR count). The van der Waals surface area contributed by atoms with Crippen molar-refractivity contribution in [2.45, 2.75) is 56.4 Å². The first-order valence-corrected chi connectivity index (χ1v) is 70.6. The first-order chi connectivity index (χ1) is 46.0. The Kier molecular flexibility index (Phi) is 29.1. The van der Waals surface area contributed by atoms with Crippen LogP contribution in [-0.4, -0.2) is 16.8 Å². The number of benzene rings is 10. The summed E-state index contributed by atoms with van der Waals surface area (Å²) in [7, 11) is 27.4. The minimum Gasteiger partial charge on any atom is -0.455 e. The highest BCUT2D eigenvalue weighted by Crippen LogP contribution is 3.30. The van der Waals surface area contributed by atoms with Gasteiger partial charge in [0.1, 0.15) is 42.6 Å². The molecule has 0 radical (unpaired) electrons. The fraction of sp³-hybridized carbons (Fsp3) is 0.0164. The van der Waals surface area contributed by atoms with Gasteiger partial charge in [-0.15, -0.1) is 98.2 Å². The van der Waals surface area contributed by atoms with E-state index in [2.05, 4.69) is 242 Å². The standard InChI is InChI=1S/C36H22N2O3S3.C12H6Br2O3S.C12H9NS.CH4.H22P20/c39-44(40)35-19-17-23(37-25-9-1-5-13-31(25)42-32-14-6-2-10-26(32)37)21-29(35)41-30-22-24(18-20-36(30)44)38-27-11-3-7-15-33(27)43-34-16-8-4-12-28(34)38;13-7-1-3-11-9(5-7)17-10-6-8(14)2-4-12(10)18(11,15)16;1-3-7-11-9(5-1)13-10-6-2-4-8-12(10)14-11;;1-12(2)17(11)20(18(13(3)4)14(5)6)19(15(7)8)16(9)10/h1-22H;1-6H;1-8,13H;1H4;1-11H2. The van der Waals surface area contributed by atoms with Crippen molar-refractivity contribution >= 4 is 293 Å². The second kappa shape index (κ2) is 35.4. The third-order valence-electron chi connectivity index (χ3n) is 14.5. The second-order valence-corrected chi connectivity index (χ2v) is 108. The molecular formula is C61H63Br2N3O6P20S5. The number of hydrogen-bond donors (Lipinski definition) is 1. The number of nitrogens with one attached hydrogen (secondary N) is 1. The van der Waals surface area contributed by atoms with Crippen molar-refractivity contribution in [2.75, 3.05) is 15.1 Å². The zero-order valence-corrected chi connectivity index (χ0v) is 77.8. The van der Waals surface area contributed by atoms with Crippen LogP contribution in [-0.2, 0) is 19.7 Å². The fourth-order valence-corrected chi connectivity index (χ4v) is 244. The van der Waals surface area contributed by atoms with E-state index in [-0.39, 0.29) is 89.9 Å². The molecule has 36 heteroatoms. The molecule has 0 spiro atoms. The Bertz CT molecular complexity index is 4410. The van der Waals surface area contributed by atoms with E-state index >= 15 is 0 Å². The maximum atomic E-state index is 14.0. The van der Waals surface area contributed by atoms with Crippen molar-refractivity contribution in [3.8, 4) is 23.0 Å². The van der Waals surface area contributed by atoms with Gasteiger partial charge in [0.25, 0.3) is 0 Å². The van der Waals surface area contributed by atoms with Crippen LogP contribution >= 0.6 is 228 Å². The summed E-state index contributed by atoms with van der Waals surface area (Å²) < 4.78 is 66.4. The summed E-state index contributed by atoms with van der Waals surface area (Å²) in [6.07, 6.45) is 0. The Balaban J connectivity index is 0.000000149. The van der Waals surface area contributed by atoms with Crippen LogP contribution in [0.4, 0.5) is 45.5 Å². The zero-order chi connectivity index (χ0) is 67.9. The molecule has 0 bridgehead atoms. The average molecular weight is 1870 g/mol. The van der Waals surface area contributed by atoms with Gasteiger partial charge >= 0.3 is 0 Å². The SMILES string of the molecule is C.O=S1(=O)c2ccc(Br)cc2Oc2cc(Br)ccc21.O=S1(=O)c2ccc(N3c4ccccc4Sc4ccccc43)cc2Oc2cc(N3c4ccccc4Sc4ccccc43)ccc21.PP(P)P(P)P(P(P(P)P)P(P)P)P(P(P)P)P(P)P.c1ccc2c(c1)Nc1ccccc1S2. The fourth-order valence-electron chi connectivity index (χ4n) is 10.4. The molecule has 9 nitrogen and oxygen atoms in total. The molecule has 0 amide bonds. The van der Waals surface area contributed by atoms with Crippen LogP contribution in [0.3, 0.4) is 0 Å². The van der Waals surface area contributed by atoms with E-state index in [0.29, 0.717) is 23.0 Å². The highest BCUT2D eigenvalue weighted by molar-refractivity contribution is 9.36. The topological polar surface area (TPSA) is 105 Å². The quantitative estimate of drug-likeness (QED) is 0.132. The van der Waals surface area contributed by atoms with Crippen LogP contribution in [0, 0.1) is 0 Å². The number of hydrogen-bond acceptors (Lipinski definition) is 12. The molecule has 10 aromatic rings. The van der Waals surface area contributed by atoms with Gasteiger partial charge in [-0.3, -0.25) is 0 Å². The van der Waals surface area contributed by atoms with Crippen molar-refractivity contribution in [1.29, 1.82) is 0 Å². The zero-order valence-electron chi connectivity index (χ0n) is 49.8. The Morgan fingerprint density at radius 2 is 0.619 bits per heavy atom. The molecule has 10 aromatic carbocycles. The molecule has 12 atom stereocenters. The summed E-state index contributed by atoms with van der Waals surface area (Å²) in [4.78, 5) is 12.2. The van der Waals surface area contributed by atoms with Crippen molar-refractivity contribution in [3.63, 3.8) is 0 Å². The third-order valence-corrected chi connectivity index (χ3v) is 148.